The molecule has 0 saturated heterocycles. The van der Waals surface area contributed by atoms with E-state index < -0.39 is 11.6 Å². The molecule has 0 amide bonds. The number of hydrogen-bond acceptors (Lipinski definition) is 2. The van der Waals surface area contributed by atoms with E-state index in [9.17, 15) is 13.6 Å². The normalized spacial score (nSPS) is 10.2. The molecule has 86 valence electrons. The summed E-state index contributed by atoms with van der Waals surface area (Å²) in [6.45, 7) is 0. The molecule has 2 aromatic rings. The van der Waals surface area contributed by atoms with Gasteiger partial charge >= 0.3 is 0 Å². The van der Waals surface area contributed by atoms with E-state index in [0.717, 1.165) is 12.3 Å². The van der Waals surface area contributed by atoms with Crippen LogP contribution in [0.3, 0.4) is 0 Å². The Bertz CT molecular complexity index is 540. The summed E-state index contributed by atoms with van der Waals surface area (Å²) in [5.41, 5.74) is 0.443. The molecule has 0 spiro atoms. The van der Waals surface area contributed by atoms with Crippen LogP contribution in [0.25, 0.3) is 0 Å². The summed E-state index contributed by atoms with van der Waals surface area (Å²) in [5.74, 6) is -1.80. The van der Waals surface area contributed by atoms with E-state index in [4.69, 9.17) is 0 Å². The third kappa shape index (κ3) is 2.72. The largest absolute Gasteiger partial charge is 0.294 e. The van der Waals surface area contributed by atoms with E-state index in [1.54, 1.807) is 30.3 Å². The van der Waals surface area contributed by atoms with Crippen molar-refractivity contribution in [2.45, 2.75) is 6.42 Å². The number of nitrogens with zero attached hydrogens (tertiary/aromatic N) is 1. The minimum absolute atomic E-state index is 0.0414. The van der Waals surface area contributed by atoms with Gasteiger partial charge in [0, 0.05) is 11.6 Å². The third-order valence-corrected chi connectivity index (χ3v) is 2.31. The zero-order valence-corrected chi connectivity index (χ0v) is 8.86. The van der Waals surface area contributed by atoms with Crippen LogP contribution in [0.15, 0.2) is 42.6 Å². The zero-order chi connectivity index (χ0) is 12.3. The SMILES string of the molecule is O=C(Cc1ncc(F)cc1F)c1ccccc1. The summed E-state index contributed by atoms with van der Waals surface area (Å²) in [6, 6.07) is 9.24. The second kappa shape index (κ2) is 4.82. The summed E-state index contributed by atoms with van der Waals surface area (Å²) >= 11 is 0. The van der Waals surface area contributed by atoms with Gasteiger partial charge in [-0.1, -0.05) is 30.3 Å². The third-order valence-electron chi connectivity index (χ3n) is 2.31. The van der Waals surface area contributed by atoms with E-state index in [-0.39, 0.29) is 17.9 Å². The topological polar surface area (TPSA) is 30.0 Å². The summed E-state index contributed by atoms with van der Waals surface area (Å²) in [5, 5.41) is 0. The van der Waals surface area contributed by atoms with Gasteiger partial charge in [0.05, 0.1) is 18.3 Å². The van der Waals surface area contributed by atoms with Crippen LogP contribution in [0.5, 0.6) is 0 Å². The van der Waals surface area contributed by atoms with Crippen LogP contribution in [0.2, 0.25) is 0 Å². The quantitative estimate of drug-likeness (QED) is 0.763. The van der Waals surface area contributed by atoms with E-state index >= 15 is 0 Å². The van der Waals surface area contributed by atoms with E-state index in [1.165, 1.54) is 0 Å². The average Bonchev–Trinajstić information content (AvgIpc) is 2.34. The maximum absolute atomic E-state index is 13.3. The van der Waals surface area contributed by atoms with E-state index in [1.807, 2.05) is 0 Å². The molecule has 0 radical (unpaired) electrons. The molecule has 0 aliphatic rings. The molecule has 0 aliphatic heterocycles. The minimum Gasteiger partial charge on any atom is -0.294 e. The molecule has 1 heterocycles. The van der Waals surface area contributed by atoms with Crippen molar-refractivity contribution in [3.8, 4) is 0 Å². The fraction of sp³-hybridized carbons (Fsp3) is 0.0769. The van der Waals surface area contributed by atoms with Crippen LogP contribution >= 0.6 is 0 Å². The maximum Gasteiger partial charge on any atom is 0.168 e. The lowest BCUT2D eigenvalue weighted by atomic mass is 10.1. The first-order valence-electron chi connectivity index (χ1n) is 5.05. The number of benzene rings is 1. The molecule has 0 unspecified atom stereocenters. The minimum atomic E-state index is -0.797. The molecule has 1 aromatic heterocycles. The molecule has 1 aromatic carbocycles. The van der Waals surface area contributed by atoms with Crippen LogP contribution < -0.4 is 0 Å². The van der Waals surface area contributed by atoms with Gasteiger partial charge in [-0.15, -0.1) is 0 Å². The number of aromatic nitrogens is 1. The highest BCUT2D eigenvalue weighted by molar-refractivity contribution is 5.97. The van der Waals surface area contributed by atoms with Crippen molar-refractivity contribution < 1.29 is 13.6 Å². The molecule has 0 bridgehead atoms. The second-order valence-electron chi connectivity index (χ2n) is 3.55. The highest BCUT2D eigenvalue weighted by Crippen LogP contribution is 2.10. The highest BCUT2D eigenvalue weighted by atomic mass is 19.1. The Hall–Kier alpha value is -2.10. The van der Waals surface area contributed by atoms with Crippen LogP contribution in [-0.2, 0) is 6.42 Å². The lowest BCUT2D eigenvalue weighted by Crippen LogP contribution is -2.07. The first kappa shape index (κ1) is 11.4. The van der Waals surface area contributed by atoms with Gasteiger partial charge in [-0.3, -0.25) is 9.78 Å². The average molecular weight is 233 g/mol. The molecule has 2 rings (SSSR count). The summed E-state index contributed by atoms with van der Waals surface area (Å²) < 4.78 is 25.9. The molecule has 0 N–H and O–H groups in total. The predicted molar refractivity (Wildman–Crippen MR) is 58.6 cm³/mol. The van der Waals surface area contributed by atoms with Gasteiger partial charge in [-0.25, -0.2) is 8.78 Å². The number of carbonyl (C=O) groups excluding carboxylic acids is 1. The molecule has 0 aliphatic carbocycles. The molecule has 0 fully saturated rings. The Morgan fingerprint density at radius 1 is 1.18 bits per heavy atom. The number of carbonyl (C=O) groups is 1. The molecule has 0 atom stereocenters. The van der Waals surface area contributed by atoms with Gasteiger partial charge in [0.25, 0.3) is 0 Å². The van der Waals surface area contributed by atoms with Crippen molar-refractivity contribution in [3.05, 3.63) is 65.5 Å². The van der Waals surface area contributed by atoms with Crippen LogP contribution in [-0.4, -0.2) is 10.8 Å². The van der Waals surface area contributed by atoms with Crippen LogP contribution in [0.4, 0.5) is 8.78 Å². The summed E-state index contributed by atoms with van der Waals surface area (Å²) in [7, 11) is 0. The van der Waals surface area contributed by atoms with Crippen LogP contribution in [0, 0.1) is 11.6 Å². The van der Waals surface area contributed by atoms with Crippen molar-refractivity contribution in [2.24, 2.45) is 0 Å². The first-order valence-corrected chi connectivity index (χ1v) is 5.05. The van der Waals surface area contributed by atoms with Crippen molar-refractivity contribution in [1.82, 2.24) is 4.98 Å². The molecule has 0 saturated carbocycles. The number of Topliss-reactive ketones (excluding diaryl/α,β-unsaturated/α-hetero) is 1. The Balaban J connectivity index is 2.19. The first-order chi connectivity index (χ1) is 8.16. The Labute approximate surface area is 96.9 Å². The monoisotopic (exact) mass is 233 g/mol. The van der Waals surface area contributed by atoms with Crippen molar-refractivity contribution >= 4 is 5.78 Å². The van der Waals surface area contributed by atoms with Crippen molar-refractivity contribution in [3.63, 3.8) is 0 Å². The summed E-state index contributed by atoms with van der Waals surface area (Å²) in [4.78, 5) is 15.3. The van der Waals surface area contributed by atoms with E-state index in [2.05, 4.69) is 4.98 Å². The molecule has 2 nitrogen and oxygen atoms in total. The Morgan fingerprint density at radius 3 is 2.53 bits per heavy atom. The van der Waals surface area contributed by atoms with Crippen molar-refractivity contribution in [2.75, 3.05) is 0 Å². The van der Waals surface area contributed by atoms with Gasteiger partial charge < -0.3 is 0 Å². The van der Waals surface area contributed by atoms with Gasteiger partial charge in [0.2, 0.25) is 0 Å². The van der Waals surface area contributed by atoms with Crippen molar-refractivity contribution in [1.29, 1.82) is 0 Å². The Kier molecular flexibility index (Phi) is 3.23. The fourth-order valence-electron chi connectivity index (χ4n) is 1.45. The maximum atomic E-state index is 13.3. The number of rotatable bonds is 3. The van der Waals surface area contributed by atoms with Gasteiger partial charge in [-0.05, 0) is 0 Å². The molecule has 17 heavy (non-hydrogen) atoms. The summed E-state index contributed by atoms with van der Waals surface area (Å²) in [6.07, 6.45) is 0.729. The highest BCUT2D eigenvalue weighted by Gasteiger charge is 2.12. The molecular formula is C13H9F2NO. The smallest absolute Gasteiger partial charge is 0.168 e. The number of halogens is 2. The van der Waals surface area contributed by atoms with Gasteiger partial charge in [0.15, 0.2) is 5.78 Å². The van der Waals surface area contributed by atoms with Gasteiger partial charge in [0.1, 0.15) is 11.6 Å². The van der Waals surface area contributed by atoms with Gasteiger partial charge in [-0.2, -0.15) is 0 Å². The predicted octanol–water partition coefficient (Wildman–Crippen LogP) is 2.79. The van der Waals surface area contributed by atoms with E-state index in [0.29, 0.717) is 5.56 Å². The number of ketones is 1. The number of hydrogen-bond donors (Lipinski definition) is 0. The second-order valence-corrected chi connectivity index (χ2v) is 3.55. The standard InChI is InChI=1S/C13H9F2NO/c14-10-6-11(15)12(16-8-10)7-13(17)9-4-2-1-3-5-9/h1-6,8H,7H2. The van der Waals surface area contributed by atoms with Crippen LogP contribution in [0.1, 0.15) is 16.1 Å². The molecular weight excluding hydrogens is 224 g/mol. The number of pyridine rings is 1. The lowest BCUT2D eigenvalue weighted by molar-refractivity contribution is 0.0990. The lowest BCUT2D eigenvalue weighted by Gasteiger charge is -2.02. The fourth-order valence-corrected chi connectivity index (χ4v) is 1.45. The molecule has 4 heteroatoms. The zero-order valence-electron chi connectivity index (χ0n) is 8.86. The Morgan fingerprint density at radius 2 is 1.88 bits per heavy atom.